The van der Waals surface area contributed by atoms with Gasteiger partial charge in [-0.2, -0.15) is 0 Å². The number of ketones is 1. The Morgan fingerprint density at radius 3 is 1.51 bits per heavy atom. The van der Waals surface area contributed by atoms with Crippen LogP contribution in [0.1, 0.15) is 128 Å². The summed E-state index contributed by atoms with van der Waals surface area (Å²) in [5.41, 5.74) is 7.02. The first-order valence-corrected chi connectivity index (χ1v) is 14.8. The van der Waals surface area contributed by atoms with E-state index in [2.05, 4.69) is 31.5 Å². The number of carbonyl (C=O) groups excluding carboxylic acids is 3. The highest BCUT2D eigenvalue weighted by Gasteiger charge is 2.23. The lowest BCUT2D eigenvalue weighted by Gasteiger charge is -2.20. The molecule has 3 aliphatic carbocycles. The zero-order chi connectivity index (χ0) is 30.2. The molecule has 0 spiro atoms. The summed E-state index contributed by atoms with van der Waals surface area (Å²) in [6, 6.07) is 1.11. The van der Waals surface area contributed by atoms with E-state index in [9.17, 15) is 14.4 Å². The maximum Gasteiger partial charge on any atom is 0.320 e. The summed E-state index contributed by atoms with van der Waals surface area (Å²) in [6.45, 7) is 18.1. The van der Waals surface area contributed by atoms with E-state index in [0.717, 1.165) is 31.1 Å². The minimum absolute atomic E-state index is 0. The van der Waals surface area contributed by atoms with Crippen LogP contribution >= 0.6 is 12.4 Å². The van der Waals surface area contributed by atoms with Crippen molar-refractivity contribution in [1.29, 1.82) is 0 Å². The van der Waals surface area contributed by atoms with E-state index < -0.39 is 5.60 Å². The van der Waals surface area contributed by atoms with Crippen molar-refractivity contribution in [3.05, 3.63) is 0 Å². The van der Waals surface area contributed by atoms with E-state index in [1.807, 2.05) is 20.8 Å². The molecule has 5 atom stereocenters. The number of hydrogen-bond donors (Lipinski definition) is 4. The molecule has 0 saturated heterocycles. The molecule has 246 valence electrons. The maximum atomic E-state index is 11.4. The Morgan fingerprint density at radius 2 is 1.27 bits per heavy atom. The molecule has 6 N–H and O–H groups in total. The van der Waals surface area contributed by atoms with Gasteiger partial charge in [0.2, 0.25) is 0 Å². The standard InChI is InChI=1S/C12H23NO2.C6H14N2.C6H13NO2.C6H10O.CH4.ClH/c1-9-5-6-10(7-9)13-8-11(14)15-12(2,3)4;1-5-2-3-6(4-5)8-7;1-6(2,3)9-5(8)4-7;1-5-2-3-6(7)4-5;;/h9-10,13H,5-8H2,1-4H3;5-6,8H,2-4,7H2,1H3;4,7H2,1-3H3;5H,2-4H2,1H3;1H4;1H. The molecule has 0 aromatic carbocycles. The molecule has 0 aromatic rings. The predicted octanol–water partition coefficient (Wildman–Crippen LogP) is 5.46. The van der Waals surface area contributed by atoms with Crippen molar-refractivity contribution in [3.8, 4) is 0 Å². The van der Waals surface area contributed by atoms with Gasteiger partial charge < -0.3 is 20.5 Å². The van der Waals surface area contributed by atoms with Gasteiger partial charge >= 0.3 is 11.9 Å². The van der Waals surface area contributed by atoms with Gasteiger partial charge in [-0.05, 0) is 104 Å². The molecule has 3 aliphatic rings. The Bertz CT molecular complexity index is 724. The number of nitrogens with two attached hydrogens (primary N) is 2. The highest BCUT2D eigenvalue weighted by Crippen LogP contribution is 2.25. The third-order valence-electron chi connectivity index (χ3n) is 6.66. The van der Waals surface area contributed by atoms with Gasteiger partial charge in [-0.3, -0.25) is 25.7 Å². The second-order valence-electron chi connectivity index (χ2n) is 13.5. The average molecular weight is 609 g/mol. The van der Waals surface area contributed by atoms with Gasteiger partial charge in [0, 0.05) is 24.9 Å². The molecule has 0 aromatic heterocycles. The molecule has 41 heavy (non-hydrogen) atoms. The van der Waals surface area contributed by atoms with Crippen LogP contribution in [0.2, 0.25) is 0 Å². The van der Waals surface area contributed by atoms with Gasteiger partial charge in [0.05, 0.1) is 13.1 Å². The third kappa shape index (κ3) is 26.1. The lowest BCUT2D eigenvalue weighted by molar-refractivity contribution is -0.154. The molecule has 0 aliphatic heterocycles. The fourth-order valence-corrected chi connectivity index (χ4v) is 4.74. The van der Waals surface area contributed by atoms with Crippen LogP contribution < -0.4 is 22.3 Å². The number of rotatable bonds is 5. The molecule has 0 amide bonds. The minimum atomic E-state index is -0.406. The number of esters is 2. The topological polar surface area (TPSA) is 146 Å². The summed E-state index contributed by atoms with van der Waals surface area (Å²) >= 11 is 0. The molecule has 0 bridgehead atoms. The normalized spacial score (nSPS) is 25.0. The van der Waals surface area contributed by atoms with Crippen molar-refractivity contribution in [2.24, 2.45) is 29.3 Å². The second kappa shape index (κ2) is 22.3. The zero-order valence-corrected chi connectivity index (χ0v) is 27.6. The summed E-state index contributed by atoms with van der Waals surface area (Å²) in [7, 11) is 0. The molecule has 9 nitrogen and oxygen atoms in total. The van der Waals surface area contributed by atoms with Crippen LogP contribution in [0.15, 0.2) is 0 Å². The quantitative estimate of drug-likeness (QED) is 0.181. The largest absolute Gasteiger partial charge is 0.459 e. The Hall–Kier alpha value is -1.26. The summed E-state index contributed by atoms with van der Waals surface area (Å²) in [5.74, 6) is 7.54. The zero-order valence-electron chi connectivity index (χ0n) is 26.8. The van der Waals surface area contributed by atoms with Crippen molar-refractivity contribution in [2.45, 2.75) is 151 Å². The SMILES string of the molecule is C.CC(C)(C)OC(=O)CN.CC1CCC(=O)C1.CC1CCC(NCC(=O)OC(C)(C)C)C1.CC1CCC(NN)C1.Cl. The third-order valence-corrected chi connectivity index (χ3v) is 6.66. The molecule has 3 rings (SSSR count). The monoisotopic (exact) mass is 608 g/mol. The maximum absolute atomic E-state index is 11.4. The predicted molar refractivity (Wildman–Crippen MR) is 172 cm³/mol. The van der Waals surface area contributed by atoms with Crippen LogP contribution in [0, 0.1) is 17.8 Å². The summed E-state index contributed by atoms with van der Waals surface area (Å²) in [6.07, 6.45) is 10.3. The van der Waals surface area contributed by atoms with E-state index in [0.29, 0.717) is 30.3 Å². The van der Waals surface area contributed by atoms with Crippen LogP contribution in [-0.4, -0.2) is 54.1 Å². The van der Waals surface area contributed by atoms with E-state index in [4.69, 9.17) is 21.1 Å². The minimum Gasteiger partial charge on any atom is -0.459 e. The molecule has 0 heterocycles. The molecule has 3 fully saturated rings. The molecular weight excluding hydrogens is 544 g/mol. The van der Waals surface area contributed by atoms with Gasteiger partial charge in [0.25, 0.3) is 0 Å². The summed E-state index contributed by atoms with van der Waals surface area (Å²) in [5, 5.41) is 3.26. The van der Waals surface area contributed by atoms with Crippen molar-refractivity contribution < 1.29 is 23.9 Å². The van der Waals surface area contributed by atoms with Crippen molar-refractivity contribution >= 4 is 30.1 Å². The Morgan fingerprint density at radius 1 is 0.805 bits per heavy atom. The van der Waals surface area contributed by atoms with Gasteiger partial charge in [-0.1, -0.05) is 28.2 Å². The summed E-state index contributed by atoms with van der Waals surface area (Å²) in [4.78, 5) is 32.3. The second-order valence-corrected chi connectivity index (χ2v) is 13.5. The fourth-order valence-electron chi connectivity index (χ4n) is 4.74. The van der Waals surface area contributed by atoms with Gasteiger partial charge in [-0.25, -0.2) is 0 Å². The molecule has 0 radical (unpaired) electrons. The van der Waals surface area contributed by atoms with Crippen LogP contribution in [0.25, 0.3) is 0 Å². The van der Waals surface area contributed by atoms with E-state index in [-0.39, 0.29) is 43.9 Å². The van der Waals surface area contributed by atoms with Gasteiger partial charge in [0.1, 0.15) is 17.0 Å². The number of hydrazine groups is 1. The number of nitrogens with one attached hydrogen (secondary N) is 2. The average Bonchev–Trinajstić information content (AvgIpc) is 3.52. The number of hydrogen-bond acceptors (Lipinski definition) is 9. The number of Topliss-reactive ketones (excluding diaryl/α,β-unsaturated/α-hetero) is 1. The van der Waals surface area contributed by atoms with Crippen LogP contribution in [0.3, 0.4) is 0 Å². The highest BCUT2D eigenvalue weighted by atomic mass is 35.5. The Kier molecular flexibility index (Phi) is 24.0. The molecule has 3 saturated carbocycles. The number of halogens is 1. The van der Waals surface area contributed by atoms with E-state index in [1.54, 1.807) is 20.8 Å². The number of carbonyl (C=O) groups is 3. The van der Waals surface area contributed by atoms with E-state index in [1.165, 1.54) is 38.5 Å². The molecular formula is C31H65ClN4O5. The lowest BCUT2D eigenvalue weighted by atomic mass is 10.1. The van der Waals surface area contributed by atoms with Crippen molar-refractivity contribution in [3.63, 3.8) is 0 Å². The first-order chi connectivity index (χ1) is 17.9. The van der Waals surface area contributed by atoms with Gasteiger partial charge in [0.15, 0.2) is 0 Å². The molecule has 5 unspecified atom stereocenters. The smallest absolute Gasteiger partial charge is 0.320 e. The lowest BCUT2D eigenvalue weighted by Crippen LogP contribution is -2.36. The van der Waals surface area contributed by atoms with Crippen LogP contribution in [0.4, 0.5) is 0 Å². The molecule has 10 heteroatoms. The van der Waals surface area contributed by atoms with Crippen molar-refractivity contribution in [2.75, 3.05) is 13.1 Å². The van der Waals surface area contributed by atoms with Crippen LogP contribution in [-0.2, 0) is 23.9 Å². The van der Waals surface area contributed by atoms with Crippen LogP contribution in [0.5, 0.6) is 0 Å². The van der Waals surface area contributed by atoms with E-state index >= 15 is 0 Å². The van der Waals surface area contributed by atoms with Gasteiger partial charge in [-0.15, -0.1) is 12.4 Å². The highest BCUT2D eigenvalue weighted by molar-refractivity contribution is 5.85. The first-order valence-electron chi connectivity index (χ1n) is 14.8. The summed E-state index contributed by atoms with van der Waals surface area (Å²) < 4.78 is 10.0. The van der Waals surface area contributed by atoms with Crippen molar-refractivity contribution in [1.82, 2.24) is 10.7 Å². The Labute approximate surface area is 257 Å². The Balaban J connectivity index is -0.000000485. The fraction of sp³-hybridized carbons (Fsp3) is 0.903. The number of ether oxygens (including phenoxy) is 2. The first kappa shape index (κ1) is 44.2.